The molecule has 5 heteroatoms. The minimum absolute atomic E-state index is 0.0800. The van der Waals surface area contributed by atoms with Gasteiger partial charge in [-0.3, -0.25) is 0 Å². The van der Waals surface area contributed by atoms with Crippen molar-refractivity contribution in [3.63, 3.8) is 0 Å². The summed E-state index contributed by atoms with van der Waals surface area (Å²) < 4.78 is 7.36. The third-order valence-corrected chi connectivity index (χ3v) is 3.27. The van der Waals surface area contributed by atoms with Crippen molar-refractivity contribution < 1.29 is 9.52 Å². The van der Waals surface area contributed by atoms with E-state index in [4.69, 9.17) is 15.3 Å². The molecule has 0 fully saturated rings. The Hall–Kier alpha value is -2.11. The molecule has 3 aromatic rings. The van der Waals surface area contributed by atoms with E-state index in [0.29, 0.717) is 0 Å². The van der Waals surface area contributed by atoms with Gasteiger partial charge >= 0.3 is 0 Å². The number of nitrogens with zero attached hydrogens (tertiary/aromatic N) is 2. The average Bonchev–Trinajstić information content (AvgIpc) is 3.05. The van der Waals surface area contributed by atoms with Crippen LogP contribution in [0.3, 0.4) is 0 Å². The topological polar surface area (TPSA) is 77.2 Å². The molecule has 2 aromatic heterocycles. The zero-order valence-corrected chi connectivity index (χ0v) is 10.6. The van der Waals surface area contributed by atoms with Crippen molar-refractivity contribution in [3.8, 4) is 11.6 Å². The van der Waals surface area contributed by atoms with Gasteiger partial charge < -0.3 is 19.8 Å². The third-order valence-electron chi connectivity index (χ3n) is 3.27. The number of hydrogen-bond donors (Lipinski definition) is 2. The second kappa shape index (κ2) is 4.53. The SMILES string of the molecule is Cn1c(-c2ccco2)nc2cc(C(N)CO)ccc21. The Bertz CT molecular complexity index is 701. The van der Waals surface area contributed by atoms with Gasteiger partial charge in [-0.05, 0) is 29.8 Å². The van der Waals surface area contributed by atoms with Crippen LogP contribution in [0.25, 0.3) is 22.6 Å². The molecule has 0 spiro atoms. The summed E-state index contributed by atoms with van der Waals surface area (Å²) in [5.74, 6) is 1.50. The van der Waals surface area contributed by atoms with E-state index in [0.717, 1.165) is 28.2 Å². The smallest absolute Gasteiger partial charge is 0.176 e. The van der Waals surface area contributed by atoms with Gasteiger partial charge in [-0.1, -0.05) is 6.07 Å². The molecule has 5 nitrogen and oxygen atoms in total. The first kappa shape index (κ1) is 12.0. The summed E-state index contributed by atoms with van der Waals surface area (Å²) in [6.45, 7) is -0.0800. The van der Waals surface area contributed by atoms with E-state index in [2.05, 4.69) is 4.98 Å². The molecule has 1 aromatic carbocycles. The summed E-state index contributed by atoms with van der Waals surface area (Å²) in [4.78, 5) is 4.56. The van der Waals surface area contributed by atoms with E-state index in [9.17, 15) is 0 Å². The van der Waals surface area contributed by atoms with Crippen LogP contribution in [0.15, 0.2) is 41.0 Å². The monoisotopic (exact) mass is 257 g/mol. The number of aryl methyl sites for hydroxylation is 1. The zero-order chi connectivity index (χ0) is 13.4. The molecule has 0 saturated heterocycles. The highest BCUT2D eigenvalue weighted by Gasteiger charge is 2.13. The van der Waals surface area contributed by atoms with Gasteiger partial charge in [0.05, 0.1) is 29.9 Å². The number of hydrogen-bond acceptors (Lipinski definition) is 4. The first-order chi connectivity index (χ1) is 9.20. The van der Waals surface area contributed by atoms with E-state index >= 15 is 0 Å². The van der Waals surface area contributed by atoms with E-state index in [1.54, 1.807) is 6.26 Å². The quantitative estimate of drug-likeness (QED) is 0.750. The zero-order valence-electron chi connectivity index (χ0n) is 10.6. The van der Waals surface area contributed by atoms with Gasteiger partial charge in [0.1, 0.15) is 0 Å². The Balaban J connectivity index is 2.15. The summed E-state index contributed by atoms with van der Waals surface area (Å²) >= 11 is 0. The molecule has 1 unspecified atom stereocenters. The summed E-state index contributed by atoms with van der Waals surface area (Å²) in [5.41, 5.74) is 8.54. The van der Waals surface area contributed by atoms with Gasteiger partial charge in [0, 0.05) is 7.05 Å². The fourth-order valence-corrected chi connectivity index (χ4v) is 2.18. The van der Waals surface area contributed by atoms with E-state index < -0.39 is 0 Å². The lowest BCUT2D eigenvalue weighted by Gasteiger charge is -2.07. The van der Waals surface area contributed by atoms with Crippen LogP contribution in [0.1, 0.15) is 11.6 Å². The Labute approximate surface area is 110 Å². The van der Waals surface area contributed by atoms with E-state index in [1.165, 1.54) is 0 Å². The molecule has 2 heterocycles. The van der Waals surface area contributed by atoms with Crippen LogP contribution in [-0.2, 0) is 7.05 Å². The Morgan fingerprint density at radius 1 is 1.42 bits per heavy atom. The van der Waals surface area contributed by atoms with E-state index in [1.807, 2.05) is 41.9 Å². The highest BCUT2D eigenvalue weighted by Crippen LogP contribution is 2.25. The van der Waals surface area contributed by atoms with Crippen molar-refractivity contribution >= 4 is 11.0 Å². The molecule has 19 heavy (non-hydrogen) atoms. The van der Waals surface area contributed by atoms with Crippen LogP contribution in [0.5, 0.6) is 0 Å². The van der Waals surface area contributed by atoms with Gasteiger partial charge in [0.15, 0.2) is 11.6 Å². The molecule has 0 aliphatic carbocycles. The van der Waals surface area contributed by atoms with Crippen molar-refractivity contribution in [2.75, 3.05) is 6.61 Å². The molecule has 0 bridgehead atoms. The normalized spacial score (nSPS) is 13.0. The van der Waals surface area contributed by atoms with Crippen LogP contribution in [-0.4, -0.2) is 21.3 Å². The first-order valence-electron chi connectivity index (χ1n) is 6.07. The second-order valence-electron chi connectivity index (χ2n) is 4.51. The Kier molecular flexibility index (Phi) is 2.85. The van der Waals surface area contributed by atoms with Gasteiger partial charge in [-0.25, -0.2) is 4.98 Å². The summed E-state index contributed by atoms with van der Waals surface area (Å²) in [6, 6.07) is 9.11. The molecular formula is C14H15N3O2. The minimum atomic E-state index is -0.376. The molecule has 1 atom stereocenters. The average molecular weight is 257 g/mol. The molecule has 0 amide bonds. The van der Waals surface area contributed by atoms with Gasteiger partial charge in [-0.2, -0.15) is 0 Å². The maximum absolute atomic E-state index is 9.10. The van der Waals surface area contributed by atoms with Crippen molar-refractivity contribution in [2.24, 2.45) is 12.8 Å². The molecule has 0 saturated carbocycles. The lowest BCUT2D eigenvalue weighted by Crippen LogP contribution is -2.14. The lowest BCUT2D eigenvalue weighted by atomic mass is 10.1. The molecule has 0 aliphatic rings. The maximum atomic E-state index is 9.10. The van der Waals surface area contributed by atoms with E-state index in [-0.39, 0.29) is 12.6 Å². The fraction of sp³-hybridized carbons (Fsp3) is 0.214. The molecule has 3 N–H and O–H groups in total. The number of aliphatic hydroxyl groups is 1. The van der Waals surface area contributed by atoms with Crippen LogP contribution < -0.4 is 5.73 Å². The predicted molar refractivity (Wildman–Crippen MR) is 72.4 cm³/mol. The number of rotatable bonds is 3. The largest absolute Gasteiger partial charge is 0.461 e. The summed E-state index contributed by atoms with van der Waals surface area (Å²) in [5, 5.41) is 9.10. The summed E-state index contributed by atoms with van der Waals surface area (Å²) in [6.07, 6.45) is 1.63. The van der Waals surface area contributed by atoms with Crippen LogP contribution in [0.2, 0.25) is 0 Å². The Morgan fingerprint density at radius 3 is 2.95 bits per heavy atom. The minimum Gasteiger partial charge on any atom is -0.461 e. The number of furan rings is 1. The molecule has 3 rings (SSSR count). The van der Waals surface area contributed by atoms with Gasteiger partial charge in [0.25, 0.3) is 0 Å². The van der Waals surface area contributed by atoms with Crippen molar-refractivity contribution in [3.05, 3.63) is 42.2 Å². The number of aromatic nitrogens is 2. The van der Waals surface area contributed by atoms with Crippen molar-refractivity contribution in [1.82, 2.24) is 9.55 Å². The van der Waals surface area contributed by atoms with Crippen molar-refractivity contribution in [2.45, 2.75) is 6.04 Å². The maximum Gasteiger partial charge on any atom is 0.176 e. The molecule has 98 valence electrons. The first-order valence-corrected chi connectivity index (χ1v) is 6.07. The van der Waals surface area contributed by atoms with Gasteiger partial charge in [-0.15, -0.1) is 0 Å². The fourth-order valence-electron chi connectivity index (χ4n) is 2.18. The second-order valence-corrected chi connectivity index (χ2v) is 4.51. The number of imidazole rings is 1. The Morgan fingerprint density at radius 2 is 2.26 bits per heavy atom. The predicted octanol–water partition coefficient (Wildman–Crippen LogP) is 1.83. The molecule has 0 aliphatic heterocycles. The highest BCUT2D eigenvalue weighted by molar-refractivity contribution is 5.80. The van der Waals surface area contributed by atoms with Gasteiger partial charge in [0.2, 0.25) is 0 Å². The number of nitrogens with two attached hydrogens (primary N) is 1. The van der Waals surface area contributed by atoms with Crippen LogP contribution in [0, 0.1) is 0 Å². The molecule has 0 radical (unpaired) electrons. The highest BCUT2D eigenvalue weighted by atomic mass is 16.3. The molecular weight excluding hydrogens is 242 g/mol. The number of benzene rings is 1. The lowest BCUT2D eigenvalue weighted by molar-refractivity contribution is 0.268. The van der Waals surface area contributed by atoms with Crippen LogP contribution in [0.4, 0.5) is 0 Å². The van der Waals surface area contributed by atoms with Crippen LogP contribution >= 0.6 is 0 Å². The van der Waals surface area contributed by atoms with Crippen molar-refractivity contribution in [1.29, 1.82) is 0 Å². The number of fused-ring (bicyclic) bond motifs is 1. The summed E-state index contributed by atoms with van der Waals surface area (Å²) in [7, 11) is 1.94. The third kappa shape index (κ3) is 1.93. The number of aliphatic hydroxyl groups excluding tert-OH is 1. The standard InChI is InChI=1S/C14H15N3O2/c1-17-12-5-4-9(10(15)8-18)7-11(12)16-14(17)13-3-2-6-19-13/h2-7,10,18H,8,15H2,1H3.